The summed E-state index contributed by atoms with van der Waals surface area (Å²) in [4.78, 5) is 15.6. The molecule has 0 radical (unpaired) electrons. The molecule has 0 atom stereocenters. The monoisotopic (exact) mass is 393 g/mol. The SMILES string of the molecule is N#C/C(=C/c1cc2c(cc1Cl)OCO2)C(=O)NCCc1c[nH]c2ccccc12. The third-order valence-electron chi connectivity index (χ3n) is 4.51. The number of para-hydroxylation sites is 1. The van der Waals surface area contributed by atoms with Gasteiger partial charge in [-0.05, 0) is 35.8 Å². The molecule has 0 fully saturated rings. The van der Waals surface area contributed by atoms with Gasteiger partial charge in [0.05, 0.1) is 5.02 Å². The van der Waals surface area contributed by atoms with Crippen LogP contribution >= 0.6 is 11.6 Å². The number of nitrogens with zero attached hydrogens (tertiary/aromatic N) is 1. The molecule has 2 aromatic carbocycles. The van der Waals surface area contributed by atoms with E-state index in [0.29, 0.717) is 35.1 Å². The normalized spacial score (nSPS) is 12.8. The predicted octanol–water partition coefficient (Wildman–Crippen LogP) is 3.82. The summed E-state index contributed by atoms with van der Waals surface area (Å²) in [5.74, 6) is 0.632. The highest BCUT2D eigenvalue weighted by Gasteiger charge is 2.17. The highest BCUT2D eigenvalue weighted by molar-refractivity contribution is 6.32. The lowest BCUT2D eigenvalue weighted by Crippen LogP contribution is -2.26. The van der Waals surface area contributed by atoms with Gasteiger partial charge in [-0.1, -0.05) is 29.8 Å². The van der Waals surface area contributed by atoms with Crippen molar-refractivity contribution in [1.82, 2.24) is 10.3 Å². The van der Waals surface area contributed by atoms with Crippen molar-refractivity contribution in [2.75, 3.05) is 13.3 Å². The Morgan fingerprint density at radius 1 is 1.29 bits per heavy atom. The van der Waals surface area contributed by atoms with Crippen LogP contribution < -0.4 is 14.8 Å². The number of ether oxygens (including phenoxy) is 2. The van der Waals surface area contributed by atoms with Crippen molar-refractivity contribution in [2.24, 2.45) is 0 Å². The van der Waals surface area contributed by atoms with E-state index in [0.717, 1.165) is 16.5 Å². The van der Waals surface area contributed by atoms with Crippen LogP contribution in [0.15, 0.2) is 48.2 Å². The van der Waals surface area contributed by atoms with E-state index in [4.69, 9.17) is 21.1 Å². The fraction of sp³-hybridized carbons (Fsp3) is 0.143. The Hall–Kier alpha value is -3.43. The molecule has 2 heterocycles. The Morgan fingerprint density at radius 3 is 2.89 bits per heavy atom. The van der Waals surface area contributed by atoms with E-state index in [2.05, 4.69) is 10.3 Å². The maximum absolute atomic E-state index is 12.4. The van der Waals surface area contributed by atoms with Crippen LogP contribution in [0, 0.1) is 11.3 Å². The number of fused-ring (bicyclic) bond motifs is 2. The van der Waals surface area contributed by atoms with Crippen molar-refractivity contribution < 1.29 is 14.3 Å². The minimum absolute atomic E-state index is 0.0281. The van der Waals surface area contributed by atoms with E-state index >= 15 is 0 Å². The number of aromatic nitrogens is 1. The molecule has 0 bridgehead atoms. The minimum atomic E-state index is -0.448. The van der Waals surface area contributed by atoms with Gasteiger partial charge >= 0.3 is 0 Å². The molecule has 28 heavy (non-hydrogen) atoms. The summed E-state index contributed by atoms with van der Waals surface area (Å²) in [5.41, 5.74) is 2.66. The van der Waals surface area contributed by atoms with Crippen LogP contribution in [0.1, 0.15) is 11.1 Å². The average molecular weight is 394 g/mol. The molecule has 0 saturated heterocycles. The zero-order valence-corrected chi connectivity index (χ0v) is 15.5. The molecule has 0 unspecified atom stereocenters. The van der Waals surface area contributed by atoms with Gasteiger partial charge in [-0.15, -0.1) is 0 Å². The van der Waals surface area contributed by atoms with E-state index in [9.17, 15) is 10.1 Å². The second kappa shape index (κ2) is 7.67. The highest BCUT2D eigenvalue weighted by atomic mass is 35.5. The molecule has 7 heteroatoms. The molecule has 1 amide bonds. The summed E-state index contributed by atoms with van der Waals surface area (Å²) >= 11 is 6.22. The summed E-state index contributed by atoms with van der Waals surface area (Å²) in [6.45, 7) is 0.535. The number of hydrogen-bond acceptors (Lipinski definition) is 4. The molecule has 6 nitrogen and oxygen atoms in total. The highest BCUT2D eigenvalue weighted by Crippen LogP contribution is 2.37. The molecular weight excluding hydrogens is 378 g/mol. The summed E-state index contributed by atoms with van der Waals surface area (Å²) in [6, 6.07) is 13.2. The van der Waals surface area contributed by atoms with Crippen molar-refractivity contribution in [3.63, 3.8) is 0 Å². The summed E-state index contributed by atoms with van der Waals surface area (Å²) in [7, 11) is 0. The van der Waals surface area contributed by atoms with Gasteiger partial charge in [0.25, 0.3) is 5.91 Å². The number of H-pyrrole nitrogens is 1. The molecule has 0 aliphatic carbocycles. The van der Waals surface area contributed by atoms with E-state index in [-0.39, 0.29) is 12.4 Å². The molecule has 1 aromatic heterocycles. The number of carbonyl (C=O) groups is 1. The van der Waals surface area contributed by atoms with Crippen molar-refractivity contribution in [3.8, 4) is 17.6 Å². The number of carbonyl (C=O) groups excluding carboxylic acids is 1. The lowest BCUT2D eigenvalue weighted by Gasteiger charge is -2.05. The predicted molar refractivity (Wildman–Crippen MR) is 106 cm³/mol. The summed E-state index contributed by atoms with van der Waals surface area (Å²) in [6.07, 6.45) is 4.04. The Balaban J connectivity index is 1.44. The first-order valence-electron chi connectivity index (χ1n) is 8.70. The number of nitrogens with one attached hydrogen (secondary N) is 2. The standard InChI is InChI=1S/C21H16ClN3O3/c22-17-9-20-19(27-12-28-20)8-14(17)7-15(10-23)21(26)24-6-5-13-11-25-18-4-2-1-3-16(13)18/h1-4,7-9,11,25H,5-6,12H2,(H,24,26)/b15-7-. The Kier molecular flexibility index (Phi) is 4.92. The van der Waals surface area contributed by atoms with Crippen molar-refractivity contribution in [1.29, 1.82) is 5.26 Å². The van der Waals surface area contributed by atoms with Gasteiger partial charge in [0.2, 0.25) is 6.79 Å². The van der Waals surface area contributed by atoms with Crippen LogP contribution in [-0.2, 0) is 11.2 Å². The van der Waals surface area contributed by atoms with Gasteiger partial charge in [0, 0.05) is 29.7 Å². The first kappa shape index (κ1) is 18.0. The minimum Gasteiger partial charge on any atom is -0.454 e. The average Bonchev–Trinajstić information content (AvgIpc) is 3.32. The Bertz CT molecular complexity index is 1130. The van der Waals surface area contributed by atoms with Crippen LogP contribution in [0.2, 0.25) is 5.02 Å². The van der Waals surface area contributed by atoms with Crippen LogP contribution in [0.25, 0.3) is 17.0 Å². The quantitative estimate of drug-likeness (QED) is 0.509. The molecule has 1 aliphatic heterocycles. The van der Waals surface area contributed by atoms with Gasteiger partial charge in [-0.25, -0.2) is 0 Å². The number of amides is 1. The molecule has 0 spiro atoms. The smallest absolute Gasteiger partial charge is 0.261 e. The number of halogens is 1. The zero-order valence-electron chi connectivity index (χ0n) is 14.8. The van der Waals surface area contributed by atoms with Gasteiger partial charge in [0.1, 0.15) is 11.6 Å². The number of aromatic amines is 1. The summed E-state index contributed by atoms with van der Waals surface area (Å²) < 4.78 is 10.6. The van der Waals surface area contributed by atoms with Gasteiger partial charge < -0.3 is 19.8 Å². The Labute approximate surface area is 166 Å². The van der Waals surface area contributed by atoms with Crippen LogP contribution in [0.4, 0.5) is 0 Å². The molecule has 2 N–H and O–H groups in total. The maximum atomic E-state index is 12.4. The molecule has 140 valence electrons. The Morgan fingerprint density at radius 2 is 2.07 bits per heavy atom. The zero-order chi connectivity index (χ0) is 19.5. The molecule has 3 aromatic rings. The van der Waals surface area contributed by atoms with Gasteiger partial charge in [0.15, 0.2) is 11.5 Å². The molecular formula is C21H16ClN3O3. The third kappa shape index (κ3) is 3.53. The summed E-state index contributed by atoms with van der Waals surface area (Å²) in [5, 5.41) is 13.7. The maximum Gasteiger partial charge on any atom is 0.261 e. The van der Waals surface area contributed by atoms with E-state index < -0.39 is 5.91 Å². The molecule has 4 rings (SSSR count). The van der Waals surface area contributed by atoms with Gasteiger partial charge in [-0.3, -0.25) is 4.79 Å². The molecule has 1 aliphatic rings. The fourth-order valence-electron chi connectivity index (χ4n) is 3.09. The number of hydrogen-bond donors (Lipinski definition) is 2. The van der Waals surface area contributed by atoms with Crippen LogP contribution in [0.5, 0.6) is 11.5 Å². The fourth-order valence-corrected chi connectivity index (χ4v) is 3.30. The van der Waals surface area contributed by atoms with Crippen molar-refractivity contribution in [2.45, 2.75) is 6.42 Å². The number of benzene rings is 2. The lowest BCUT2D eigenvalue weighted by molar-refractivity contribution is -0.117. The topological polar surface area (TPSA) is 87.1 Å². The third-order valence-corrected chi connectivity index (χ3v) is 4.84. The number of rotatable bonds is 5. The molecule has 0 saturated carbocycles. The van der Waals surface area contributed by atoms with Crippen LogP contribution in [0.3, 0.4) is 0 Å². The van der Waals surface area contributed by atoms with Crippen molar-refractivity contribution >= 4 is 34.5 Å². The second-order valence-electron chi connectivity index (χ2n) is 6.26. The lowest BCUT2D eigenvalue weighted by atomic mass is 10.1. The van der Waals surface area contributed by atoms with E-state index in [1.807, 2.05) is 36.5 Å². The largest absolute Gasteiger partial charge is 0.454 e. The van der Waals surface area contributed by atoms with E-state index in [1.165, 1.54) is 6.08 Å². The van der Waals surface area contributed by atoms with E-state index in [1.54, 1.807) is 12.1 Å². The van der Waals surface area contributed by atoms with Gasteiger partial charge in [-0.2, -0.15) is 5.26 Å². The first-order chi connectivity index (χ1) is 13.7. The van der Waals surface area contributed by atoms with Crippen molar-refractivity contribution in [3.05, 3.63) is 64.3 Å². The first-order valence-corrected chi connectivity index (χ1v) is 9.07. The van der Waals surface area contributed by atoms with Crippen LogP contribution in [-0.4, -0.2) is 24.2 Å². The number of nitriles is 1. The second-order valence-corrected chi connectivity index (χ2v) is 6.67.